The molecule has 0 fully saturated rings. The fourth-order valence-electron chi connectivity index (χ4n) is 3.09. The number of carbonyl (C=O) groups excluding carboxylic acids is 1. The van der Waals surface area contributed by atoms with Crippen LogP contribution in [0.2, 0.25) is 0 Å². The minimum atomic E-state index is -0.0713. The summed E-state index contributed by atoms with van der Waals surface area (Å²) in [5.74, 6) is 0.966. The number of hydrogen-bond acceptors (Lipinski definition) is 5. The van der Waals surface area contributed by atoms with Gasteiger partial charge in [0.15, 0.2) is 5.16 Å². The molecular formula is C23H27N3O3S. The van der Waals surface area contributed by atoms with E-state index in [4.69, 9.17) is 4.74 Å². The molecule has 3 aromatic rings. The first-order chi connectivity index (χ1) is 14.6. The normalized spacial score (nSPS) is 10.9. The second kappa shape index (κ2) is 10.8. The van der Waals surface area contributed by atoms with Gasteiger partial charge in [-0.25, -0.2) is 4.98 Å². The highest BCUT2D eigenvalue weighted by Gasteiger charge is 2.13. The summed E-state index contributed by atoms with van der Waals surface area (Å²) in [6, 6.07) is 15.1. The number of unbranched alkanes of at least 4 members (excludes halogenated alkanes) is 1. The molecule has 1 N–H and O–H groups in total. The Morgan fingerprint density at radius 3 is 2.67 bits per heavy atom. The molecule has 1 amide bonds. The van der Waals surface area contributed by atoms with Crippen molar-refractivity contribution in [2.75, 3.05) is 19.4 Å². The Balaban J connectivity index is 1.60. The van der Waals surface area contributed by atoms with Crippen molar-refractivity contribution in [1.29, 1.82) is 0 Å². The molecule has 2 aromatic carbocycles. The molecule has 0 aliphatic rings. The maximum Gasteiger partial charge on any atom is 0.262 e. The quantitative estimate of drug-likeness (QED) is 0.396. The van der Waals surface area contributed by atoms with Gasteiger partial charge in [-0.05, 0) is 42.7 Å². The number of methoxy groups -OCH3 is 1. The smallest absolute Gasteiger partial charge is 0.262 e. The van der Waals surface area contributed by atoms with Crippen molar-refractivity contribution in [2.24, 2.45) is 0 Å². The van der Waals surface area contributed by atoms with Crippen LogP contribution < -0.4 is 15.6 Å². The van der Waals surface area contributed by atoms with Crippen LogP contribution in [0.15, 0.2) is 58.5 Å². The lowest BCUT2D eigenvalue weighted by Gasteiger charge is -2.13. The van der Waals surface area contributed by atoms with Gasteiger partial charge in [0.05, 0.1) is 23.8 Å². The lowest BCUT2D eigenvalue weighted by molar-refractivity contribution is -0.118. The molecule has 0 radical (unpaired) electrons. The van der Waals surface area contributed by atoms with E-state index in [1.54, 1.807) is 17.7 Å². The maximum absolute atomic E-state index is 12.9. The minimum absolute atomic E-state index is 0.0449. The third kappa shape index (κ3) is 5.63. The second-order valence-corrected chi connectivity index (χ2v) is 7.90. The van der Waals surface area contributed by atoms with Crippen LogP contribution in [-0.2, 0) is 17.8 Å². The predicted molar refractivity (Wildman–Crippen MR) is 121 cm³/mol. The third-order valence-electron chi connectivity index (χ3n) is 4.79. The lowest BCUT2D eigenvalue weighted by atomic mass is 10.1. The van der Waals surface area contributed by atoms with E-state index in [1.807, 2.05) is 42.5 Å². The van der Waals surface area contributed by atoms with E-state index >= 15 is 0 Å². The number of hydrogen-bond donors (Lipinski definition) is 1. The van der Waals surface area contributed by atoms with Crippen molar-refractivity contribution in [2.45, 2.75) is 37.9 Å². The van der Waals surface area contributed by atoms with E-state index in [0.717, 1.165) is 30.6 Å². The maximum atomic E-state index is 12.9. The number of para-hydroxylation sites is 1. The van der Waals surface area contributed by atoms with Gasteiger partial charge in [-0.15, -0.1) is 0 Å². The Morgan fingerprint density at radius 1 is 1.17 bits per heavy atom. The van der Waals surface area contributed by atoms with Crippen LogP contribution >= 0.6 is 11.8 Å². The van der Waals surface area contributed by atoms with Gasteiger partial charge in [0.25, 0.3) is 5.56 Å². The number of ether oxygens (including phenoxy) is 1. The summed E-state index contributed by atoms with van der Waals surface area (Å²) in [4.78, 5) is 29.8. The van der Waals surface area contributed by atoms with Crippen molar-refractivity contribution in [1.82, 2.24) is 14.9 Å². The van der Waals surface area contributed by atoms with Crippen LogP contribution in [0.25, 0.3) is 10.9 Å². The summed E-state index contributed by atoms with van der Waals surface area (Å²) in [6.45, 7) is 3.25. The number of fused-ring (bicyclic) bond motifs is 1. The monoisotopic (exact) mass is 425 g/mol. The van der Waals surface area contributed by atoms with Crippen molar-refractivity contribution < 1.29 is 9.53 Å². The highest BCUT2D eigenvalue weighted by atomic mass is 32.2. The number of benzene rings is 2. The standard InChI is InChI=1S/C23H27N3O3S/c1-3-4-15-26-22(28)19-7-5-6-8-20(19)25-23(26)30-16-21(27)24-14-13-17-9-11-18(29-2)12-10-17/h5-12H,3-4,13-16H2,1-2H3,(H,24,27). The highest BCUT2D eigenvalue weighted by molar-refractivity contribution is 7.99. The van der Waals surface area contributed by atoms with Crippen molar-refractivity contribution in [3.63, 3.8) is 0 Å². The van der Waals surface area contributed by atoms with Gasteiger partial charge in [0, 0.05) is 13.1 Å². The summed E-state index contributed by atoms with van der Waals surface area (Å²) in [6.07, 6.45) is 2.62. The Morgan fingerprint density at radius 2 is 1.93 bits per heavy atom. The van der Waals surface area contributed by atoms with E-state index in [0.29, 0.717) is 29.1 Å². The van der Waals surface area contributed by atoms with E-state index in [1.165, 1.54) is 11.8 Å². The van der Waals surface area contributed by atoms with Crippen LogP contribution in [0.4, 0.5) is 0 Å². The predicted octanol–water partition coefficient (Wildman–Crippen LogP) is 3.66. The summed E-state index contributed by atoms with van der Waals surface area (Å²) in [5, 5.41) is 4.15. The SMILES string of the molecule is CCCCn1c(SCC(=O)NCCc2ccc(OC)cc2)nc2ccccc2c1=O. The first kappa shape index (κ1) is 21.9. The average Bonchev–Trinajstić information content (AvgIpc) is 2.77. The average molecular weight is 426 g/mol. The zero-order chi connectivity index (χ0) is 21.3. The van der Waals surface area contributed by atoms with Crippen molar-refractivity contribution >= 4 is 28.6 Å². The van der Waals surface area contributed by atoms with E-state index in [2.05, 4.69) is 17.2 Å². The van der Waals surface area contributed by atoms with Crippen LogP contribution in [0.5, 0.6) is 5.75 Å². The van der Waals surface area contributed by atoms with Gasteiger partial charge in [-0.3, -0.25) is 14.2 Å². The number of aromatic nitrogens is 2. The molecule has 1 aromatic heterocycles. The zero-order valence-electron chi connectivity index (χ0n) is 17.4. The van der Waals surface area contributed by atoms with E-state index < -0.39 is 0 Å². The van der Waals surface area contributed by atoms with E-state index in [-0.39, 0.29) is 17.2 Å². The molecule has 0 saturated carbocycles. The summed E-state index contributed by atoms with van der Waals surface area (Å²) in [5.41, 5.74) is 1.75. The van der Waals surface area contributed by atoms with Gasteiger partial charge >= 0.3 is 0 Å². The molecule has 0 bridgehead atoms. The Bertz CT molecular complexity index is 1050. The molecule has 0 spiro atoms. The first-order valence-corrected chi connectivity index (χ1v) is 11.1. The molecule has 7 heteroatoms. The fourth-order valence-corrected chi connectivity index (χ4v) is 3.95. The first-order valence-electron chi connectivity index (χ1n) is 10.1. The van der Waals surface area contributed by atoms with Crippen LogP contribution in [-0.4, -0.2) is 34.9 Å². The number of carbonyl (C=O) groups is 1. The van der Waals surface area contributed by atoms with Crippen molar-refractivity contribution in [3.8, 4) is 5.75 Å². The summed E-state index contributed by atoms with van der Waals surface area (Å²) >= 11 is 1.31. The number of thioether (sulfide) groups is 1. The lowest BCUT2D eigenvalue weighted by Crippen LogP contribution is -2.28. The topological polar surface area (TPSA) is 73.2 Å². The minimum Gasteiger partial charge on any atom is -0.497 e. The van der Waals surface area contributed by atoms with Gasteiger partial charge in [0.1, 0.15) is 5.75 Å². The Kier molecular flexibility index (Phi) is 7.90. The van der Waals surface area contributed by atoms with Crippen LogP contribution in [0.1, 0.15) is 25.3 Å². The molecule has 3 rings (SSSR count). The molecule has 158 valence electrons. The number of rotatable bonds is 10. The second-order valence-electron chi connectivity index (χ2n) is 6.96. The molecule has 6 nitrogen and oxygen atoms in total. The highest BCUT2D eigenvalue weighted by Crippen LogP contribution is 2.18. The molecule has 0 aliphatic heterocycles. The van der Waals surface area contributed by atoms with Gasteiger partial charge < -0.3 is 10.1 Å². The van der Waals surface area contributed by atoms with Crippen LogP contribution in [0, 0.1) is 0 Å². The molecular weight excluding hydrogens is 398 g/mol. The van der Waals surface area contributed by atoms with Crippen molar-refractivity contribution in [3.05, 3.63) is 64.4 Å². The summed E-state index contributed by atoms with van der Waals surface area (Å²) < 4.78 is 6.85. The number of nitrogens with one attached hydrogen (secondary N) is 1. The number of nitrogens with zero attached hydrogens (tertiary/aromatic N) is 2. The third-order valence-corrected chi connectivity index (χ3v) is 5.77. The Hall–Kier alpha value is -2.80. The Labute approximate surface area is 180 Å². The number of amides is 1. The van der Waals surface area contributed by atoms with Gasteiger partial charge in [0.2, 0.25) is 5.91 Å². The van der Waals surface area contributed by atoms with Gasteiger partial charge in [-0.1, -0.05) is 49.4 Å². The van der Waals surface area contributed by atoms with Crippen LogP contribution in [0.3, 0.4) is 0 Å². The molecule has 0 unspecified atom stereocenters. The molecule has 30 heavy (non-hydrogen) atoms. The summed E-state index contributed by atoms with van der Waals surface area (Å²) in [7, 11) is 1.64. The zero-order valence-corrected chi connectivity index (χ0v) is 18.2. The molecule has 0 aliphatic carbocycles. The fraction of sp³-hybridized carbons (Fsp3) is 0.348. The van der Waals surface area contributed by atoms with Gasteiger partial charge in [-0.2, -0.15) is 0 Å². The molecule has 0 saturated heterocycles. The molecule has 1 heterocycles. The largest absolute Gasteiger partial charge is 0.497 e. The molecule has 0 atom stereocenters. The van der Waals surface area contributed by atoms with E-state index in [9.17, 15) is 9.59 Å².